The molecule has 1 heterocycles. The zero-order chi connectivity index (χ0) is 13.8. The van der Waals surface area contributed by atoms with E-state index in [0.717, 1.165) is 24.2 Å². The lowest BCUT2D eigenvalue weighted by atomic mass is 10.3. The topological polar surface area (TPSA) is 47.6 Å². The first kappa shape index (κ1) is 13.7. The van der Waals surface area contributed by atoms with Crippen molar-refractivity contribution in [2.75, 3.05) is 27.2 Å². The number of hydrogen-bond donors (Lipinski definition) is 0. The number of fused-ring (bicyclic) bond motifs is 1. The first-order valence-electron chi connectivity index (χ1n) is 6.52. The van der Waals surface area contributed by atoms with Crippen molar-refractivity contribution >= 4 is 11.1 Å². The Balaban J connectivity index is 2.24. The molecule has 0 atom stereocenters. The number of hydrogen-bond acceptors (Lipinski definition) is 4. The van der Waals surface area contributed by atoms with Gasteiger partial charge in [0.2, 0.25) is 0 Å². The molecule has 0 radical (unpaired) electrons. The Morgan fingerprint density at radius 3 is 2.84 bits per heavy atom. The second-order valence-corrected chi connectivity index (χ2v) is 4.74. The number of aryl methyl sites for hydroxylation is 1. The molecule has 0 spiro atoms. The molecule has 0 bridgehead atoms. The summed E-state index contributed by atoms with van der Waals surface area (Å²) in [5.74, 6) is 0.423. The third-order valence-electron chi connectivity index (χ3n) is 2.94. The summed E-state index contributed by atoms with van der Waals surface area (Å²) in [7, 11) is 4.04. The number of nitrogens with zero attached hydrogens (tertiary/aromatic N) is 2. The third kappa shape index (κ3) is 3.17. The zero-order valence-electron chi connectivity index (χ0n) is 11.7. The molecule has 19 heavy (non-hydrogen) atoms. The zero-order valence-corrected chi connectivity index (χ0v) is 11.7. The van der Waals surface area contributed by atoms with Crippen molar-refractivity contribution in [3.05, 3.63) is 28.7 Å². The molecule has 0 aliphatic rings. The highest BCUT2D eigenvalue weighted by Crippen LogP contribution is 2.20. The molecule has 5 heteroatoms. The Hall–Kier alpha value is -1.75. The van der Waals surface area contributed by atoms with Gasteiger partial charge in [0.05, 0.1) is 12.1 Å². The average Bonchev–Trinajstić information content (AvgIpc) is 2.65. The number of ether oxygens (including phenoxy) is 1. The fraction of sp³-hybridized carbons (Fsp3) is 0.500. The highest BCUT2D eigenvalue weighted by atomic mass is 16.5. The van der Waals surface area contributed by atoms with Gasteiger partial charge in [-0.15, -0.1) is 0 Å². The molecular weight excluding hydrogens is 244 g/mol. The first-order chi connectivity index (χ1) is 9.11. The maximum absolute atomic E-state index is 11.8. The summed E-state index contributed by atoms with van der Waals surface area (Å²) < 4.78 is 12.3. The largest absolute Gasteiger partial charge is 0.494 e. The van der Waals surface area contributed by atoms with E-state index in [-0.39, 0.29) is 5.76 Å². The molecule has 0 unspecified atom stereocenters. The number of benzene rings is 1. The molecule has 0 saturated carbocycles. The fourth-order valence-electron chi connectivity index (χ4n) is 2.06. The molecule has 5 nitrogen and oxygen atoms in total. The van der Waals surface area contributed by atoms with Crippen LogP contribution in [0.4, 0.5) is 0 Å². The maximum atomic E-state index is 11.8. The SMILES string of the molecule is CCOc1ccc2c(c1)oc(=O)n2CCCN(C)C. The summed E-state index contributed by atoms with van der Waals surface area (Å²) in [6.45, 7) is 4.13. The number of rotatable bonds is 6. The van der Waals surface area contributed by atoms with Gasteiger partial charge in [0.15, 0.2) is 5.58 Å². The van der Waals surface area contributed by atoms with E-state index in [1.54, 1.807) is 10.6 Å². The molecule has 0 aliphatic carbocycles. The van der Waals surface area contributed by atoms with E-state index >= 15 is 0 Å². The van der Waals surface area contributed by atoms with Crippen LogP contribution in [-0.4, -0.2) is 36.7 Å². The van der Waals surface area contributed by atoms with Crippen LogP contribution in [0, 0.1) is 0 Å². The van der Waals surface area contributed by atoms with E-state index in [1.807, 2.05) is 33.2 Å². The molecule has 2 rings (SSSR count). The third-order valence-corrected chi connectivity index (χ3v) is 2.94. The Kier molecular flexibility index (Phi) is 4.27. The van der Waals surface area contributed by atoms with Crippen molar-refractivity contribution in [3.8, 4) is 5.75 Å². The lowest BCUT2D eigenvalue weighted by Crippen LogP contribution is -2.19. The summed E-state index contributed by atoms with van der Waals surface area (Å²) in [4.78, 5) is 13.9. The Morgan fingerprint density at radius 2 is 2.16 bits per heavy atom. The van der Waals surface area contributed by atoms with E-state index in [4.69, 9.17) is 9.15 Å². The van der Waals surface area contributed by atoms with E-state index in [0.29, 0.717) is 18.7 Å². The maximum Gasteiger partial charge on any atom is 0.419 e. The minimum absolute atomic E-state index is 0.303. The van der Waals surface area contributed by atoms with Crippen LogP contribution in [0.5, 0.6) is 5.75 Å². The minimum atomic E-state index is -0.303. The molecule has 1 aromatic heterocycles. The monoisotopic (exact) mass is 264 g/mol. The van der Waals surface area contributed by atoms with Crippen molar-refractivity contribution in [2.24, 2.45) is 0 Å². The van der Waals surface area contributed by atoms with Crippen molar-refractivity contribution in [2.45, 2.75) is 19.9 Å². The predicted octanol–water partition coefficient (Wildman–Crippen LogP) is 1.94. The van der Waals surface area contributed by atoms with Gasteiger partial charge in [0.25, 0.3) is 0 Å². The molecular formula is C14H20N2O3. The van der Waals surface area contributed by atoms with Crippen LogP contribution in [0.25, 0.3) is 11.1 Å². The molecule has 0 N–H and O–H groups in total. The first-order valence-corrected chi connectivity index (χ1v) is 6.52. The second-order valence-electron chi connectivity index (χ2n) is 4.74. The predicted molar refractivity (Wildman–Crippen MR) is 74.8 cm³/mol. The van der Waals surface area contributed by atoms with E-state index in [9.17, 15) is 4.79 Å². The Morgan fingerprint density at radius 1 is 1.37 bits per heavy atom. The van der Waals surface area contributed by atoms with Gasteiger partial charge in [0, 0.05) is 12.6 Å². The lowest BCUT2D eigenvalue weighted by Gasteiger charge is -2.09. The highest BCUT2D eigenvalue weighted by molar-refractivity contribution is 5.74. The van der Waals surface area contributed by atoms with Crippen LogP contribution in [0.2, 0.25) is 0 Å². The minimum Gasteiger partial charge on any atom is -0.494 e. The normalized spacial score (nSPS) is 11.4. The van der Waals surface area contributed by atoms with Gasteiger partial charge in [-0.05, 0) is 46.1 Å². The summed E-state index contributed by atoms with van der Waals surface area (Å²) in [5, 5.41) is 0. The number of aromatic nitrogens is 1. The fourth-order valence-corrected chi connectivity index (χ4v) is 2.06. The Labute approximate surface area is 112 Å². The van der Waals surface area contributed by atoms with Crippen molar-refractivity contribution in [3.63, 3.8) is 0 Å². The van der Waals surface area contributed by atoms with Crippen molar-refractivity contribution < 1.29 is 9.15 Å². The van der Waals surface area contributed by atoms with E-state index in [2.05, 4.69) is 4.90 Å². The molecule has 0 saturated heterocycles. The van der Waals surface area contributed by atoms with Crippen LogP contribution >= 0.6 is 0 Å². The summed E-state index contributed by atoms with van der Waals surface area (Å²) in [6, 6.07) is 5.51. The van der Waals surface area contributed by atoms with E-state index < -0.39 is 0 Å². The average molecular weight is 264 g/mol. The molecule has 1 aromatic carbocycles. The van der Waals surface area contributed by atoms with Gasteiger partial charge in [-0.3, -0.25) is 4.57 Å². The van der Waals surface area contributed by atoms with Crippen LogP contribution < -0.4 is 10.5 Å². The quantitative estimate of drug-likeness (QED) is 0.800. The van der Waals surface area contributed by atoms with Gasteiger partial charge in [0.1, 0.15) is 5.75 Å². The number of oxazole rings is 1. The standard InChI is InChI=1S/C14H20N2O3/c1-4-18-11-6-7-12-13(10-11)19-14(17)16(12)9-5-8-15(2)3/h6-7,10H,4-5,8-9H2,1-3H3. The van der Waals surface area contributed by atoms with E-state index in [1.165, 1.54) is 0 Å². The molecule has 2 aromatic rings. The van der Waals surface area contributed by atoms with Gasteiger partial charge >= 0.3 is 5.76 Å². The molecule has 104 valence electrons. The van der Waals surface area contributed by atoms with Crippen LogP contribution in [0.15, 0.2) is 27.4 Å². The lowest BCUT2D eigenvalue weighted by molar-refractivity contribution is 0.340. The van der Waals surface area contributed by atoms with Crippen LogP contribution in [0.3, 0.4) is 0 Å². The van der Waals surface area contributed by atoms with Gasteiger partial charge < -0.3 is 14.1 Å². The van der Waals surface area contributed by atoms with Gasteiger partial charge in [-0.1, -0.05) is 0 Å². The molecule has 0 aliphatic heterocycles. The van der Waals surface area contributed by atoms with Crippen molar-refractivity contribution in [1.82, 2.24) is 9.47 Å². The highest BCUT2D eigenvalue weighted by Gasteiger charge is 2.09. The summed E-state index contributed by atoms with van der Waals surface area (Å²) in [6.07, 6.45) is 0.911. The van der Waals surface area contributed by atoms with Crippen molar-refractivity contribution in [1.29, 1.82) is 0 Å². The molecule has 0 amide bonds. The molecule has 0 fully saturated rings. The summed E-state index contributed by atoms with van der Waals surface area (Å²) >= 11 is 0. The van der Waals surface area contributed by atoms with Crippen LogP contribution in [-0.2, 0) is 6.54 Å². The summed E-state index contributed by atoms with van der Waals surface area (Å²) in [5.41, 5.74) is 1.41. The second kappa shape index (κ2) is 5.93. The van der Waals surface area contributed by atoms with Crippen LogP contribution in [0.1, 0.15) is 13.3 Å². The Bertz CT molecular complexity index is 598. The smallest absolute Gasteiger partial charge is 0.419 e. The van der Waals surface area contributed by atoms with Gasteiger partial charge in [-0.2, -0.15) is 0 Å². The van der Waals surface area contributed by atoms with Gasteiger partial charge in [-0.25, -0.2) is 4.79 Å².